The molecule has 1 N–H and O–H groups in total. The van der Waals surface area contributed by atoms with Gasteiger partial charge in [-0.05, 0) is 29.8 Å². The molecule has 0 spiro atoms. The second-order valence-electron chi connectivity index (χ2n) is 6.94. The molecule has 1 saturated heterocycles. The molecule has 3 aromatic rings. The Morgan fingerprint density at radius 3 is 2.45 bits per heavy atom. The van der Waals surface area contributed by atoms with Crippen molar-refractivity contribution in [2.75, 3.05) is 23.3 Å². The molecule has 162 valence electrons. The molecule has 7 nitrogen and oxygen atoms in total. The van der Waals surface area contributed by atoms with Gasteiger partial charge in [-0.2, -0.15) is 18.9 Å². The summed E-state index contributed by atoms with van der Waals surface area (Å²) in [5, 5.41) is 11.0. The first-order chi connectivity index (χ1) is 14.9. The predicted octanol–water partition coefficient (Wildman–Crippen LogP) is 4.51. The number of alkyl halides is 4. The van der Waals surface area contributed by atoms with Crippen molar-refractivity contribution in [3.8, 4) is 16.9 Å². The lowest BCUT2D eigenvalue weighted by molar-refractivity contribution is -0.0498. The first-order valence-corrected chi connectivity index (χ1v) is 9.49. The Morgan fingerprint density at radius 1 is 1.00 bits per heavy atom. The maximum Gasteiger partial charge on any atom is 0.387 e. The number of ether oxygens (including phenoxy) is 1. The lowest BCUT2D eigenvalue weighted by Gasteiger charge is -2.31. The molecule has 0 amide bonds. The van der Waals surface area contributed by atoms with Gasteiger partial charge in [0, 0.05) is 37.7 Å². The fourth-order valence-corrected chi connectivity index (χ4v) is 3.15. The van der Waals surface area contributed by atoms with Crippen LogP contribution in [0.3, 0.4) is 0 Å². The van der Waals surface area contributed by atoms with Crippen molar-refractivity contribution in [2.24, 2.45) is 0 Å². The van der Waals surface area contributed by atoms with Crippen molar-refractivity contribution < 1.29 is 22.3 Å². The smallest absolute Gasteiger partial charge is 0.387 e. The van der Waals surface area contributed by atoms with Crippen molar-refractivity contribution in [3.05, 3.63) is 48.8 Å². The van der Waals surface area contributed by atoms with E-state index in [1.165, 1.54) is 24.5 Å². The zero-order chi connectivity index (χ0) is 21.8. The van der Waals surface area contributed by atoms with Crippen molar-refractivity contribution in [2.45, 2.75) is 25.4 Å². The molecule has 11 heteroatoms. The van der Waals surface area contributed by atoms with E-state index in [1.54, 1.807) is 29.2 Å². The predicted molar refractivity (Wildman–Crippen MR) is 106 cm³/mol. The summed E-state index contributed by atoms with van der Waals surface area (Å²) in [6.07, 6.45) is 2.61. The van der Waals surface area contributed by atoms with Crippen molar-refractivity contribution in [1.82, 2.24) is 20.2 Å². The molecule has 4 rings (SSSR count). The molecule has 31 heavy (non-hydrogen) atoms. The molecule has 1 fully saturated rings. The minimum Gasteiger partial charge on any atom is -0.435 e. The fraction of sp³-hybridized carbons (Fsp3) is 0.300. The molecule has 2 aromatic heterocycles. The van der Waals surface area contributed by atoms with Crippen LogP contribution in [0.2, 0.25) is 0 Å². The molecule has 0 saturated carbocycles. The highest BCUT2D eigenvalue weighted by Crippen LogP contribution is 2.30. The summed E-state index contributed by atoms with van der Waals surface area (Å²) < 4.78 is 55.7. The van der Waals surface area contributed by atoms with Crippen molar-refractivity contribution >= 4 is 17.6 Å². The van der Waals surface area contributed by atoms with Crippen LogP contribution >= 0.6 is 0 Å². The Kier molecular flexibility index (Phi) is 5.83. The van der Waals surface area contributed by atoms with Crippen LogP contribution in [0.1, 0.15) is 12.8 Å². The second kappa shape index (κ2) is 8.70. The highest BCUT2D eigenvalue weighted by molar-refractivity contribution is 5.67. The van der Waals surface area contributed by atoms with E-state index >= 15 is 0 Å². The van der Waals surface area contributed by atoms with Crippen molar-refractivity contribution in [3.63, 3.8) is 0 Å². The van der Waals surface area contributed by atoms with Gasteiger partial charge in [-0.25, -0.2) is 13.8 Å². The third-order valence-corrected chi connectivity index (χ3v) is 4.74. The summed E-state index contributed by atoms with van der Waals surface area (Å²) in [5.74, 6) is -1.39. The van der Waals surface area contributed by atoms with Gasteiger partial charge >= 0.3 is 6.61 Å². The molecule has 1 aliphatic heterocycles. The van der Waals surface area contributed by atoms with Crippen LogP contribution in [0, 0.1) is 0 Å². The van der Waals surface area contributed by atoms with Crippen LogP contribution in [0.25, 0.3) is 11.1 Å². The molecular weight excluding hydrogens is 416 g/mol. The standard InChI is InChI=1S/C20H18F4N6O/c21-18(22)31-15-3-1-13(2-4-15)14-11-17(29-26-12-14)27-16-5-8-25-19(28-16)30-9-6-20(23,24)7-10-30/h1-5,8,11-12,18H,6-7,9-10H2,(H,25,27,28,29). The van der Waals surface area contributed by atoms with E-state index in [0.717, 1.165) is 5.56 Å². The molecular formula is C20H18F4N6O. The third-order valence-electron chi connectivity index (χ3n) is 4.74. The molecule has 1 aromatic carbocycles. The molecule has 0 unspecified atom stereocenters. The largest absolute Gasteiger partial charge is 0.435 e. The van der Waals surface area contributed by atoms with Crippen molar-refractivity contribution in [1.29, 1.82) is 0 Å². The number of aromatic nitrogens is 4. The number of hydrogen-bond acceptors (Lipinski definition) is 7. The summed E-state index contributed by atoms with van der Waals surface area (Å²) in [7, 11) is 0. The number of nitrogens with zero attached hydrogens (tertiary/aromatic N) is 5. The Hall–Kier alpha value is -3.50. The van der Waals surface area contributed by atoms with Gasteiger partial charge in [0.1, 0.15) is 11.6 Å². The minimum absolute atomic E-state index is 0.0584. The van der Waals surface area contributed by atoms with Gasteiger partial charge < -0.3 is 15.0 Å². The number of hydrogen-bond donors (Lipinski definition) is 1. The van der Waals surface area contributed by atoms with E-state index < -0.39 is 12.5 Å². The van der Waals surface area contributed by atoms with E-state index in [-0.39, 0.29) is 31.7 Å². The average Bonchev–Trinajstić information content (AvgIpc) is 2.74. The fourth-order valence-electron chi connectivity index (χ4n) is 3.15. The number of halogens is 4. The van der Waals surface area contributed by atoms with Gasteiger partial charge in [-0.3, -0.25) is 0 Å². The highest BCUT2D eigenvalue weighted by Gasteiger charge is 2.34. The zero-order valence-corrected chi connectivity index (χ0v) is 16.2. The Labute approximate surface area is 175 Å². The van der Waals surface area contributed by atoms with Crippen LogP contribution in [0.15, 0.2) is 48.8 Å². The summed E-state index contributed by atoms with van der Waals surface area (Å²) in [6, 6.07) is 9.49. The lowest BCUT2D eigenvalue weighted by Crippen LogP contribution is -2.40. The number of rotatable bonds is 6. The van der Waals surface area contributed by atoms with Gasteiger partial charge in [0.15, 0.2) is 5.82 Å². The minimum atomic E-state index is -2.89. The SMILES string of the molecule is FC(F)Oc1ccc(-c2cnnc(Nc3ccnc(N4CCC(F)(F)CC4)n3)c2)cc1. The van der Waals surface area contributed by atoms with Crippen LogP contribution in [-0.2, 0) is 0 Å². The van der Waals surface area contributed by atoms with E-state index in [4.69, 9.17) is 0 Å². The molecule has 0 atom stereocenters. The average molecular weight is 434 g/mol. The molecule has 0 bridgehead atoms. The first-order valence-electron chi connectivity index (χ1n) is 9.49. The van der Waals surface area contributed by atoms with Gasteiger partial charge in [0.2, 0.25) is 5.95 Å². The summed E-state index contributed by atoms with van der Waals surface area (Å²) in [6.45, 7) is -2.53. The quantitative estimate of drug-likeness (QED) is 0.572. The lowest BCUT2D eigenvalue weighted by atomic mass is 10.1. The topological polar surface area (TPSA) is 76.1 Å². The molecule has 0 radical (unpaired) electrons. The van der Waals surface area contributed by atoms with E-state index in [1.807, 2.05) is 0 Å². The maximum absolute atomic E-state index is 13.4. The second-order valence-corrected chi connectivity index (χ2v) is 6.94. The zero-order valence-electron chi connectivity index (χ0n) is 16.2. The maximum atomic E-state index is 13.4. The van der Waals surface area contributed by atoms with Gasteiger partial charge in [0.05, 0.1) is 6.20 Å². The molecule has 1 aliphatic rings. The third kappa shape index (κ3) is 5.36. The van der Waals surface area contributed by atoms with E-state index in [9.17, 15) is 17.6 Å². The summed E-state index contributed by atoms with van der Waals surface area (Å²) in [4.78, 5) is 10.3. The van der Waals surface area contributed by atoms with E-state index in [2.05, 4.69) is 30.2 Å². The van der Waals surface area contributed by atoms with Gasteiger partial charge in [-0.15, -0.1) is 5.10 Å². The number of nitrogens with one attached hydrogen (secondary N) is 1. The van der Waals surface area contributed by atoms with Crippen LogP contribution in [0.4, 0.5) is 35.1 Å². The number of anilines is 3. The van der Waals surface area contributed by atoms with Gasteiger partial charge in [-0.1, -0.05) is 12.1 Å². The Morgan fingerprint density at radius 2 is 1.74 bits per heavy atom. The van der Waals surface area contributed by atoms with Crippen LogP contribution in [0.5, 0.6) is 5.75 Å². The Bertz CT molecular complexity index is 1020. The highest BCUT2D eigenvalue weighted by atomic mass is 19.3. The summed E-state index contributed by atoms with van der Waals surface area (Å²) >= 11 is 0. The molecule has 3 heterocycles. The first kappa shape index (κ1) is 20.8. The molecule has 0 aliphatic carbocycles. The van der Waals surface area contributed by atoms with Crippen LogP contribution in [-0.4, -0.2) is 45.8 Å². The Balaban J connectivity index is 1.47. The monoisotopic (exact) mass is 434 g/mol. The van der Waals surface area contributed by atoms with Crippen LogP contribution < -0.4 is 15.0 Å². The normalized spacial score (nSPS) is 15.7. The van der Waals surface area contributed by atoms with Gasteiger partial charge in [0.25, 0.3) is 5.92 Å². The number of benzene rings is 1. The summed E-state index contributed by atoms with van der Waals surface area (Å²) in [5.41, 5.74) is 1.44. The van der Waals surface area contributed by atoms with E-state index in [0.29, 0.717) is 23.1 Å². The number of piperidine rings is 1.